The number of benzene rings is 2. The van der Waals surface area contributed by atoms with Crippen molar-refractivity contribution in [2.75, 3.05) is 0 Å². The molecule has 0 saturated carbocycles. The molecule has 152 valence electrons. The molecule has 2 aromatic heterocycles. The van der Waals surface area contributed by atoms with Crippen LogP contribution in [-0.4, -0.2) is 12.6 Å². The van der Waals surface area contributed by atoms with Crippen molar-refractivity contribution in [1.82, 2.24) is 0 Å². The van der Waals surface area contributed by atoms with E-state index in [1.165, 1.54) is 12.5 Å². The molecule has 0 saturated heterocycles. The van der Waals surface area contributed by atoms with Gasteiger partial charge in [-0.05, 0) is 40.2 Å². The minimum absolute atomic E-state index is 0.298. The normalized spacial score (nSPS) is 8.77. The lowest BCUT2D eigenvalue weighted by atomic mass is 10.2. The van der Waals surface area contributed by atoms with Gasteiger partial charge in [0.05, 0.1) is 10.0 Å². The van der Waals surface area contributed by atoms with E-state index in [1.54, 1.807) is 12.1 Å². The van der Waals surface area contributed by atoms with E-state index in [1.807, 2.05) is 60.7 Å². The van der Waals surface area contributed by atoms with E-state index >= 15 is 0 Å². The van der Waals surface area contributed by atoms with Gasteiger partial charge in [-0.3, -0.25) is 9.59 Å². The molecule has 0 aliphatic heterocycles. The van der Waals surface area contributed by atoms with Crippen LogP contribution in [0.1, 0.15) is 37.8 Å². The summed E-state index contributed by atoms with van der Waals surface area (Å²) in [5, 5.41) is 0. The van der Waals surface area contributed by atoms with Crippen LogP contribution in [0.3, 0.4) is 0 Å². The summed E-state index contributed by atoms with van der Waals surface area (Å²) in [5.41, 5.74) is 2.58. The minimum atomic E-state index is 0.298. The third-order valence-corrected chi connectivity index (χ3v) is 3.92. The molecule has 4 rings (SSSR count). The zero-order valence-corrected chi connectivity index (χ0v) is 17.9. The van der Waals surface area contributed by atoms with Gasteiger partial charge in [0.2, 0.25) is 0 Å². The fourth-order valence-corrected chi connectivity index (χ4v) is 2.39. The Bertz CT molecular complexity index is 1190. The number of hydrogen-bond donors (Lipinski definition) is 0. The van der Waals surface area contributed by atoms with E-state index < -0.39 is 0 Å². The number of carbonyl (C=O) groups is 2. The molecule has 0 fully saturated rings. The van der Waals surface area contributed by atoms with Crippen molar-refractivity contribution >= 4 is 28.5 Å². The van der Waals surface area contributed by atoms with Gasteiger partial charge in [-0.15, -0.1) is 6.42 Å². The fourth-order valence-electron chi connectivity index (χ4n) is 2.07. The van der Waals surface area contributed by atoms with E-state index in [0.29, 0.717) is 29.7 Å². The number of hydrogen-bond acceptors (Lipinski definition) is 4. The summed E-state index contributed by atoms with van der Waals surface area (Å²) in [5.74, 6) is 9.06. The third-order valence-electron chi connectivity index (χ3n) is 3.51. The lowest BCUT2D eigenvalue weighted by molar-refractivity contribution is 0.109. The summed E-state index contributed by atoms with van der Waals surface area (Å²) in [6.07, 6.45) is 9.35. The molecule has 0 aliphatic rings. The lowest BCUT2D eigenvalue weighted by Gasteiger charge is -1.84. The maximum Gasteiger partial charge on any atom is 0.185 e. The first kappa shape index (κ1) is 23.2. The molecule has 0 radical (unpaired) electrons. The Hall–Kier alpha value is -4.06. The van der Waals surface area contributed by atoms with Crippen LogP contribution in [0.4, 0.5) is 0 Å². The van der Waals surface area contributed by atoms with E-state index in [0.717, 1.165) is 15.6 Å². The van der Waals surface area contributed by atoms with Crippen molar-refractivity contribution in [1.29, 1.82) is 0 Å². The maximum atomic E-state index is 10.4. The quantitative estimate of drug-likeness (QED) is 0.264. The van der Waals surface area contributed by atoms with Gasteiger partial charge in [0.1, 0.15) is 12.5 Å². The summed E-state index contributed by atoms with van der Waals surface area (Å²) in [4.78, 5) is 20.3. The molecule has 4 nitrogen and oxygen atoms in total. The number of terminal acetylenes is 1. The molecular weight excluding hydrogens is 456 g/mol. The molecule has 31 heavy (non-hydrogen) atoms. The molecule has 2 aromatic carbocycles. The Kier molecular flexibility index (Phi) is 9.90. The molecule has 5 heteroatoms. The Balaban J connectivity index is 0.000000181. The van der Waals surface area contributed by atoms with Crippen LogP contribution in [0.25, 0.3) is 0 Å². The highest BCUT2D eigenvalue weighted by Gasteiger charge is 1.96. The molecule has 0 bridgehead atoms. The average molecular weight is 473 g/mol. The summed E-state index contributed by atoms with van der Waals surface area (Å²) in [7, 11) is 0. The topological polar surface area (TPSA) is 60.4 Å². The number of aldehydes is 2. The second kappa shape index (κ2) is 13.2. The van der Waals surface area contributed by atoms with Crippen LogP contribution in [-0.2, 0) is 0 Å². The third kappa shape index (κ3) is 8.87. The van der Waals surface area contributed by atoms with E-state index in [4.69, 9.17) is 15.3 Å². The first-order valence-corrected chi connectivity index (χ1v) is 9.75. The highest BCUT2D eigenvalue weighted by atomic mass is 79.9. The first-order valence-electron chi connectivity index (χ1n) is 8.96. The van der Waals surface area contributed by atoms with Gasteiger partial charge in [-0.2, -0.15) is 0 Å². The Labute approximate surface area is 189 Å². The largest absolute Gasteiger partial charge is 0.460 e. The number of halogens is 1. The zero-order chi connectivity index (χ0) is 22.3. The first-order chi connectivity index (χ1) is 15.1. The number of furan rings is 2. The predicted octanol–water partition coefficient (Wildman–Crippen LogP) is 6.01. The molecule has 0 amide bonds. The van der Waals surface area contributed by atoms with Crippen molar-refractivity contribution in [3.05, 3.63) is 118 Å². The molecule has 0 aliphatic carbocycles. The van der Waals surface area contributed by atoms with E-state index in [9.17, 15) is 9.59 Å². The number of carbonyl (C=O) groups excluding carboxylic acids is 2. The molecule has 4 aromatic rings. The van der Waals surface area contributed by atoms with Gasteiger partial charge >= 0.3 is 0 Å². The molecule has 2 heterocycles. The highest BCUT2D eigenvalue weighted by molar-refractivity contribution is 9.10. The molecule has 0 atom stereocenters. The van der Waals surface area contributed by atoms with Crippen LogP contribution in [0, 0.1) is 24.2 Å². The fraction of sp³-hybridized carbons (Fsp3) is 0. The van der Waals surface area contributed by atoms with E-state index in [-0.39, 0.29) is 0 Å². The van der Waals surface area contributed by atoms with Gasteiger partial charge in [0, 0.05) is 23.3 Å². The second-order valence-electron chi connectivity index (χ2n) is 5.77. The molecule has 0 N–H and O–H groups in total. The lowest BCUT2D eigenvalue weighted by Crippen LogP contribution is -1.72. The standard InChI is InChI=1S/C13H8O2.C8H6.C5H3BrO2/c14-9-13-8-12(10-15-13)7-6-11-4-2-1-3-5-11;1-2-8-6-4-3-5-7-8;6-4-1-5(2-7)8-3-4/h1-5,8-10H;1,3-7H;1-3H. The molecule has 0 spiro atoms. The predicted molar refractivity (Wildman–Crippen MR) is 123 cm³/mol. The minimum Gasteiger partial charge on any atom is -0.460 e. The summed E-state index contributed by atoms with van der Waals surface area (Å²) >= 11 is 3.12. The van der Waals surface area contributed by atoms with Gasteiger partial charge in [-0.1, -0.05) is 54.2 Å². The maximum absolute atomic E-state index is 10.4. The second-order valence-corrected chi connectivity index (χ2v) is 6.68. The van der Waals surface area contributed by atoms with Crippen LogP contribution in [0.2, 0.25) is 0 Å². The Morgan fingerprint density at radius 2 is 1.23 bits per heavy atom. The molecule has 0 unspecified atom stereocenters. The Morgan fingerprint density at radius 1 is 0.710 bits per heavy atom. The van der Waals surface area contributed by atoms with E-state index in [2.05, 4.69) is 33.7 Å². The van der Waals surface area contributed by atoms with Crippen LogP contribution in [0.15, 0.2) is 98.6 Å². The van der Waals surface area contributed by atoms with Gasteiger partial charge in [0.25, 0.3) is 0 Å². The number of rotatable bonds is 2. The van der Waals surface area contributed by atoms with Gasteiger partial charge < -0.3 is 8.83 Å². The SMILES string of the molecule is C#Cc1ccccc1.O=Cc1cc(Br)co1.O=Cc1cc(C#Cc2ccccc2)co1. The smallest absolute Gasteiger partial charge is 0.185 e. The monoisotopic (exact) mass is 472 g/mol. The van der Waals surface area contributed by atoms with Crippen LogP contribution < -0.4 is 0 Å². The van der Waals surface area contributed by atoms with Crippen molar-refractivity contribution in [3.8, 4) is 24.2 Å². The Morgan fingerprint density at radius 3 is 1.65 bits per heavy atom. The molecular formula is C26H17BrO4. The summed E-state index contributed by atoms with van der Waals surface area (Å²) in [6.45, 7) is 0. The highest BCUT2D eigenvalue weighted by Crippen LogP contribution is 2.11. The summed E-state index contributed by atoms with van der Waals surface area (Å²) in [6, 6.07) is 22.5. The van der Waals surface area contributed by atoms with Gasteiger partial charge in [-0.25, -0.2) is 0 Å². The van der Waals surface area contributed by atoms with Crippen molar-refractivity contribution < 1.29 is 18.4 Å². The van der Waals surface area contributed by atoms with Crippen molar-refractivity contribution in [2.24, 2.45) is 0 Å². The van der Waals surface area contributed by atoms with Crippen LogP contribution >= 0.6 is 15.9 Å². The average Bonchev–Trinajstić information content (AvgIpc) is 3.48. The van der Waals surface area contributed by atoms with Crippen molar-refractivity contribution in [3.63, 3.8) is 0 Å². The summed E-state index contributed by atoms with van der Waals surface area (Å²) < 4.78 is 10.4. The van der Waals surface area contributed by atoms with Crippen LogP contribution in [0.5, 0.6) is 0 Å². The zero-order valence-electron chi connectivity index (χ0n) is 16.3. The van der Waals surface area contributed by atoms with Gasteiger partial charge in [0.15, 0.2) is 24.1 Å². The van der Waals surface area contributed by atoms with Crippen molar-refractivity contribution in [2.45, 2.75) is 0 Å².